The minimum absolute atomic E-state index is 0.0128. The van der Waals surface area contributed by atoms with Gasteiger partial charge in [-0.3, -0.25) is 4.79 Å². The van der Waals surface area contributed by atoms with E-state index in [1.807, 2.05) is 24.3 Å². The van der Waals surface area contributed by atoms with Crippen LogP contribution in [0.3, 0.4) is 0 Å². The van der Waals surface area contributed by atoms with E-state index in [1.165, 1.54) is 27.9 Å². The Bertz CT molecular complexity index is 941. The normalized spacial score (nSPS) is 13.2. The number of Topliss-reactive ketones (excluding diaryl/α,β-unsaturated/α-hetero) is 1. The second kappa shape index (κ2) is 6.83. The number of rotatable bonds is 5. The van der Waals surface area contributed by atoms with Crippen molar-refractivity contribution in [2.75, 3.05) is 0 Å². The summed E-state index contributed by atoms with van der Waals surface area (Å²) in [6.45, 7) is 4.43. The first-order valence-corrected chi connectivity index (χ1v) is 9.13. The van der Waals surface area contributed by atoms with Crippen molar-refractivity contribution in [2.45, 2.75) is 45.6 Å². The van der Waals surface area contributed by atoms with Crippen molar-refractivity contribution < 1.29 is 4.79 Å². The van der Waals surface area contributed by atoms with Gasteiger partial charge in [-0.05, 0) is 53.2 Å². The molecule has 0 atom stereocenters. The fourth-order valence-corrected chi connectivity index (χ4v) is 3.41. The number of carbonyl (C=O) groups excluding carboxylic acids is 1. The second-order valence-electron chi connectivity index (χ2n) is 7.18. The number of hydrogen-bond acceptors (Lipinski definition) is 4. The van der Waals surface area contributed by atoms with E-state index >= 15 is 0 Å². The third kappa shape index (κ3) is 3.29. The maximum absolute atomic E-state index is 12.6. The van der Waals surface area contributed by atoms with E-state index in [0.717, 1.165) is 24.0 Å². The summed E-state index contributed by atoms with van der Waals surface area (Å²) in [4.78, 5) is 13.9. The van der Waals surface area contributed by atoms with Gasteiger partial charge in [-0.1, -0.05) is 50.2 Å². The Morgan fingerprint density at radius 3 is 2.62 bits per heavy atom. The Morgan fingerprint density at radius 2 is 1.85 bits per heavy atom. The average molecular weight is 346 g/mol. The molecule has 0 unspecified atom stereocenters. The summed E-state index contributed by atoms with van der Waals surface area (Å²) in [7, 11) is 0. The Morgan fingerprint density at radius 1 is 1.08 bits per heavy atom. The molecule has 26 heavy (non-hydrogen) atoms. The fraction of sp³-hybridized carbons (Fsp3) is 0.333. The predicted molar refractivity (Wildman–Crippen MR) is 100 cm³/mol. The molecule has 5 heteroatoms. The van der Waals surface area contributed by atoms with Gasteiger partial charge in [0.15, 0.2) is 5.78 Å². The van der Waals surface area contributed by atoms with Gasteiger partial charge in [0, 0.05) is 11.1 Å². The van der Waals surface area contributed by atoms with Gasteiger partial charge in [-0.15, -0.1) is 10.2 Å². The van der Waals surface area contributed by atoms with Crippen molar-refractivity contribution in [2.24, 2.45) is 0 Å². The lowest BCUT2D eigenvalue weighted by Gasteiger charge is -2.05. The molecule has 5 nitrogen and oxygen atoms in total. The SMILES string of the molecule is CC(C)c1ccc(-c2nnn(CC(=O)c3ccc4c(c3)CCC4)n2)cc1. The van der Waals surface area contributed by atoms with Crippen molar-refractivity contribution in [1.82, 2.24) is 20.2 Å². The molecular formula is C21H22N4O. The minimum atomic E-state index is 0.0128. The van der Waals surface area contributed by atoms with Gasteiger partial charge in [0.1, 0.15) is 6.54 Å². The smallest absolute Gasteiger partial charge is 0.204 e. The molecule has 0 saturated carbocycles. The molecule has 0 amide bonds. The summed E-state index contributed by atoms with van der Waals surface area (Å²) in [5, 5.41) is 12.5. The molecule has 0 N–H and O–H groups in total. The average Bonchev–Trinajstić information content (AvgIpc) is 3.30. The van der Waals surface area contributed by atoms with E-state index < -0.39 is 0 Å². The van der Waals surface area contributed by atoms with Crippen LogP contribution in [-0.2, 0) is 19.4 Å². The largest absolute Gasteiger partial charge is 0.292 e. The van der Waals surface area contributed by atoms with Crippen LogP contribution in [-0.4, -0.2) is 26.0 Å². The number of ketones is 1. The molecule has 1 aromatic heterocycles. The van der Waals surface area contributed by atoms with Gasteiger partial charge < -0.3 is 0 Å². The van der Waals surface area contributed by atoms with Crippen LogP contribution in [0.25, 0.3) is 11.4 Å². The van der Waals surface area contributed by atoms with E-state index in [-0.39, 0.29) is 12.3 Å². The van der Waals surface area contributed by atoms with Crippen LogP contribution in [0.2, 0.25) is 0 Å². The lowest BCUT2D eigenvalue weighted by atomic mass is 10.0. The van der Waals surface area contributed by atoms with Crippen LogP contribution in [0.1, 0.15) is 53.2 Å². The molecule has 0 aliphatic heterocycles. The van der Waals surface area contributed by atoms with E-state index in [2.05, 4.69) is 47.5 Å². The zero-order chi connectivity index (χ0) is 18.1. The lowest BCUT2D eigenvalue weighted by Crippen LogP contribution is -2.13. The highest BCUT2D eigenvalue weighted by Gasteiger charge is 2.15. The van der Waals surface area contributed by atoms with Crippen LogP contribution in [0, 0.1) is 0 Å². The maximum atomic E-state index is 12.6. The molecule has 0 saturated heterocycles. The van der Waals surface area contributed by atoms with E-state index in [9.17, 15) is 4.79 Å². The topological polar surface area (TPSA) is 60.7 Å². The van der Waals surface area contributed by atoms with Crippen LogP contribution in [0.15, 0.2) is 42.5 Å². The van der Waals surface area contributed by atoms with Crippen molar-refractivity contribution in [3.05, 3.63) is 64.7 Å². The summed E-state index contributed by atoms with van der Waals surface area (Å²) in [6, 6.07) is 14.2. The van der Waals surface area contributed by atoms with Gasteiger partial charge in [-0.25, -0.2) is 0 Å². The van der Waals surface area contributed by atoms with Crippen LogP contribution in [0.4, 0.5) is 0 Å². The highest BCUT2D eigenvalue weighted by molar-refractivity contribution is 5.96. The van der Waals surface area contributed by atoms with Crippen LogP contribution < -0.4 is 0 Å². The Kier molecular flexibility index (Phi) is 4.37. The minimum Gasteiger partial charge on any atom is -0.292 e. The van der Waals surface area contributed by atoms with E-state index in [4.69, 9.17) is 0 Å². The standard InChI is InChI=1S/C21H22N4O/c1-14(2)15-6-9-17(10-7-15)21-22-24-25(23-21)13-20(26)19-11-8-16-4-3-5-18(16)12-19/h6-12,14H,3-5,13H2,1-2H3. The lowest BCUT2D eigenvalue weighted by molar-refractivity contribution is 0.0961. The van der Waals surface area contributed by atoms with Crippen molar-refractivity contribution in [3.8, 4) is 11.4 Å². The number of tetrazole rings is 1. The summed E-state index contributed by atoms with van der Waals surface area (Å²) in [5.74, 6) is 1.04. The van der Waals surface area contributed by atoms with Gasteiger partial charge >= 0.3 is 0 Å². The molecule has 4 rings (SSSR count). The number of benzene rings is 2. The molecular weight excluding hydrogens is 324 g/mol. The van der Waals surface area contributed by atoms with Crippen molar-refractivity contribution in [3.63, 3.8) is 0 Å². The third-order valence-corrected chi connectivity index (χ3v) is 4.99. The highest BCUT2D eigenvalue weighted by Crippen LogP contribution is 2.23. The molecule has 3 aromatic rings. The molecule has 132 valence electrons. The molecule has 1 heterocycles. The molecule has 2 aromatic carbocycles. The summed E-state index contributed by atoms with van der Waals surface area (Å²) >= 11 is 0. The Labute approximate surface area is 153 Å². The first-order valence-electron chi connectivity index (χ1n) is 9.13. The highest BCUT2D eigenvalue weighted by atomic mass is 16.1. The summed E-state index contributed by atoms with van der Waals surface area (Å²) in [6.07, 6.45) is 3.36. The molecule has 0 radical (unpaired) electrons. The molecule has 0 spiro atoms. The second-order valence-corrected chi connectivity index (χ2v) is 7.18. The number of carbonyl (C=O) groups is 1. The Hall–Kier alpha value is -2.82. The van der Waals surface area contributed by atoms with Gasteiger partial charge in [0.05, 0.1) is 0 Å². The summed E-state index contributed by atoms with van der Waals surface area (Å²) < 4.78 is 0. The number of nitrogens with zero attached hydrogens (tertiary/aromatic N) is 4. The number of aryl methyl sites for hydroxylation is 2. The monoisotopic (exact) mass is 346 g/mol. The maximum Gasteiger partial charge on any atom is 0.204 e. The molecule has 0 fully saturated rings. The van der Waals surface area contributed by atoms with E-state index in [0.29, 0.717) is 11.7 Å². The van der Waals surface area contributed by atoms with Crippen LogP contribution >= 0.6 is 0 Å². The van der Waals surface area contributed by atoms with Crippen LogP contribution in [0.5, 0.6) is 0 Å². The third-order valence-electron chi connectivity index (χ3n) is 4.99. The zero-order valence-corrected chi connectivity index (χ0v) is 15.1. The van der Waals surface area contributed by atoms with E-state index in [1.54, 1.807) is 0 Å². The first kappa shape index (κ1) is 16.6. The van der Waals surface area contributed by atoms with Crippen molar-refractivity contribution >= 4 is 5.78 Å². The Balaban J connectivity index is 1.48. The quantitative estimate of drug-likeness (QED) is 0.659. The first-order chi connectivity index (χ1) is 12.6. The number of hydrogen-bond donors (Lipinski definition) is 0. The molecule has 1 aliphatic carbocycles. The number of aromatic nitrogens is 4. The zero-order valence-electron chi connectivity index (χ0n) is 15.1. The summed E-state index contributed by atoms with van der Waals surface area (Å²) in [5.41, 5.74) is 5.57. The fourth-order valence-electron chi connectivity index (χ4n) is 3.41. The molecule has 0 bridgehead atoms. The van der Waals surface area contributed by atoms with Gasteiger partial charge in [0.2, 0.25) is 5.82 Å². The van der Waals surface area contributed by atoms with Gasteiger partial charge in [-0.2, -0.15) is 4.80 Å². The number of fused-ring (bicyclic) bond motifs is 1. The van der Waals surface area contributed by atoms with Crippen molar-refractivity contribution in [1.29, 1.82) is 0 Å². The molecule has 1 aliphatic rings. The van der Waals surface area contributed by atoms with Gasteiger partial charge in [0.25, 0.3) is 0 Å². The predicted octanol–water partition coefficient (Wildman–Crippen LogP) is 3.84.